The molecule has 1 aliphatic rings. The largest absolute Gasteiger partial charge is 0.351 e. The third kappa shape index (κ3) is 4.01. The molecule has 2 aromatic rings. The number of fused-ring (bicyclic) bond motifs is 1. The number of nitrogens with one attached hydrogen (secondary N) is 3. The van der Waals surface area contributed by atoms with Crippen molar-refractivity contribution in [3.8, 4) is 0 Å². The quantitative estimate of drug-likeness (QED) is 0.778. The van der Waals surface area contributed by atoms with Gasteiger partial charge >= 0.3 is 0 Å². The van der Waals surface area contributed by atoms with Crippen LogP contribution in [-0.2, 0) is 17.8 Å². The average molecular weight is 343 g/mol. The third-order valence-corrected chi connectivity index (χ3v) is 5.16. The molecule has 2 heterocycles. The van der Waals surface area contributed by atoms with E-state index in [1.54, 1.807) is 6.07 Å². The Morgan fingerprint density at radius 1 is 1.21 bits per heavy atom. The normalized spacial score (nSPS) is 16.3. The maximum Gasteiger partial charge on any atom is 0.261 e. The zero-order chi connectivity index (χ0) is 16.9. The van der Waals surface area contributed by atoms with E-state index < -0.39 is 0 Å². The molecule has 126 valence electrons. The topological polar surface area (TPSA) is 70.2 Å². The second-order valence-electron chi connectivity index (χ2n) is 5.84. The van der Waals surface area contributed by atoms with Crippen molar-refractivity contribution >= 4 is 23.2 Å². The summed E-state index contributed by atoms with van der Waals surface area (Å²) < 4.78 is 0. The van der Waals surface area contributed by atoms with Gasteiger partial charge in [-0.3, -0.25) is 9.59 Å². The first-order valence-electron chi connectivity index (χ1n) is 8.06. The second kappa shape index (κ2) is 7.59. The van der Waals surface area contributed by atoms with Crippen molar-refractivity contribution in [1.82, 2.24) is 16.0 Å². The smallest absolute Gasteiger partial charge is 0.261 e. The van der Waals surface area contributed by atoms with Crippen LogP contribution >= 0.6 is 11.3 Å². The maximum atomic E-state index is 12.3. The van der Waals surface area contributed by atoms with Gasteiger partial charge in [0.05, 0.1) is 11.4 Å². The lowest BCUT2D eigenvalue weighted by Gasteiger charge is -2.27. The zero-order valence-corrected chi connectivity index (χ0v) is 14.4. The van der Waals surface area contributed by atoms with E-state index >= 15 is 0 Å². The fourth-order valence-electron chi connectivity index (χ4n) is 2.86. The highest BCUT2D eigenvalue weighted by molar-refractivity contribution is 7.14. The predicted octanol–water partition coefficient (Wildman–Crippen LogP) is 2.00. The number of thiophene rings is 1. The Kier molecular flexibility index (Phi) is 5.27. The number of carbonyl (C=O) groups is 2. The van der Waals surface area contributed by atoms with Gasteiger partial charge in [0.2, 0.25) is 5.91 Å². The first kappa shape index (κ1) is 16.7. The van der Waals surface area contributed by atoms with E-state index in [2.05, 4.69) is 34.1 Å². The van der Waals surface area contributed by atoms with Gasteiger partial charge in [0.1, 0.15) is 0 Å². The van der Waals surface area contributed by atoms with Crippen LogP contribution in [0.25, 0.3) is 0 Å². The molecule has 0 saturated carbocycles. The lowest BCUT2D eigenvalue weighted by Crippen LogP contribution is -2.38. The van der Waals surface area contributed by atoms with Crippen LogP contribution in [0.15, 0.2) is 36.4 Å². The van der Waals surface area contributed by atoms with Gasteiger partial charge in [-0.25, -0.2) is 0 Å². The lowest BCUT2D eigenvalue weighted by molar-refractivity contribution is -0.119. The summed E-state index contributed by atoms with van der Waals surface area (Å²) in [5, 5.41) is 9.21. The zero-order valence-electron chi connectivity index (χ0n) is 13.6. The fraction of sp³-hybridized carbons (Fsp3) is 0.333. The van der Waals surface area contributed by atoms with Crippen LogP contribution in [-0.4, -0.2) is 24.9 Å². The summed E-state index contributed by atoms with van der Waals surface area (Å²) in [6, 6.07) is 12.2. The van der Waals surface area contributed by atoms with Gasteiger partial charge in [0, 0.05) is 24.4 Å². The van der Waals surface area contributed by atoms with Gasteiger partial charge < -0.3 is 16.0 Å². The first-order valence-corrected chi connectivity index (χ1v) is 8.87. The molecule has 1 aromatic heterocycles. The van der Waals surface area contributed by atoms with Crippen molar-refractivity contribution in [3.63, 3.8) is 0 Å². The maximum absolute atomic E-state index is 12.3. The molecule has 2 amide bonds. The molecular weight excluding hydrogens is 322 g/mol. The molecule has 0 saturated heterocycles. The summed E-state index contributed by atoms with van der Waals surface area (Å²) in [5.74, 6) is -0.143. The van der Waals surface area contributed by atoms with Crippen LogP contribution in [0.4, 0.5) is 0 Å². The minimum absolute atomic E-state index is 0.0704. The predicted molar refractivity (Wildman–Crippen MR) is 95.1 cm³/mol. The summed E-state index contributed by atoms with van der Waals surface area (Å²) in [6.45, 7) is 3.44. The lowest BCUT2D eigenvalue weighted by atomic mass is 9.94. The molecule has 5 nitrogen and oxygen atoms in total. The Bertz CT molecular complexity index is 741. The number of rotatable bonds is 5. The highest BCUT2D eigenvalue weighted by atomic mass is 32.1. The van der Waals surface area contributed by atoms with Gasteiger partial charge in [0.25, 0.3) is 5.91 Å². The minimum Gasteiger partial charge on any atom is -0.351 e. The van der Waals surface area contributed by atoms with Gasteiger partial charge in [-0.15, -0.1) is 11.3 Å². The van der Waals surface area contributed by atoms with Crippen molar-refractivity contribution < 1.29 is 9.59 Å². The van der Waals surface area contributed by atoms with Crippen LogP contribution in [0, 0.1) is 0 Å². The van der Waals surface area contributed by atoms with E-state index in [0.29, 0.717) is 18.0 Å². The van der Waals surface area contributed by atoms with E-state index in [-0.39, 0.29) is 17.9 Å². The Labute approximate surface area is 145 Å². The molecule has 6 heteroatoms. The van der Waals surface area contributed by atoms with E-state index in [1.807, 2.05) is 12.1 Å². The molecule has 1 atom stereocenters. The highest BCUT2D eigenvalue weighted by Gasteiger charge is 2.20. The summed E-state index contributed by atoms with van der Waals surface area (Å²) in [6.07, 6.45) is 1.03. The van der Waals surface area contributed by atoms with Crippen molar-refractivity contribution in [2.24, 2.45) is 0 Å². The molecule has 0 bridgehead atoms. The number of carbonyl (C=O) groups excluding carboxylic acids is 2. The molecule has 0 fully saturated rings. The molecule has 1 unspecified atom stereocenters. The van der Waals surface area contributed by atoms with E-state index in [0.717, 1.165) is 17.8 Å². The highest BCUT2D eigenvalue weighted by Crippen LogP contribution is 2.22. The Balaban J connectivity index is 1.57. The average Bonchev–Trinajstić information content (AvgIpc) is 3.07. The van der Waals surface area contributed by atoms with Crippen LogP contribution in [0.5, 0.6) is 0 Å². The SMILES string of the molecule is CC(=O)NCc1ccc(C(=O)NCC2NCCc3ccccc32)s1. The van der Waals surface area contributed by atoms with Gasteiger partial charge in [-0.2, -0.15) is 0 Å². The molecule has 1 aromatic carbocycles. The van der Waals surface area contributed by atoms with E-state index in [4.69, 9.17) is 0 Å². The summed E-state index contributed by atoms with van der Waals surface area (Å²) in [4.78, 5) is 24.9. The molecule has 0 radical (unpaired) electrons. The van der Waals surface area contributed by atoms with Crippen molar-refractivity contribution in [2.45, 2.75) is 25.9 Å². The van der Waals surface area contributed by atoms with Gasteiger partial charge in [-0.1, -0.05) is 24.3 Å². The Morgan fingerprint density at radius 2 is 2.04 bits per heavy atom. The fourth-order valence-corrected chi connectivity index (χ4v) is 3.73. The Morgan fingerprint density at radius 3 is 2.88 bits per heavy atom. The van der Waals surface area contributed by atoms with E-state index in [1.165, 1.54) is 29.4 Å². The van der Waals surface area contributed by atoms with Crippen molar-refractivity contribution in [2.75, 3.05) is 13.1 Å². The monoisotopic (exact) mass is 343 g/mol. The van der Waals surface area contributed by atoms with Crippen LogP contribution in [0.2, 0.25) is 0 Å². The molecule has 3 N–H and O–H groups in total. The van der Waals surface area contributed by atoms with Crippen molar-refractivity contribution in [3.05, 3.63) is 57.3 Å². The van der Waals surface area contributed by atoms with Gasteiger partial charge in [-0.05, 0) is 36.2 Å². The molecule has 0 spiro atoms. The summed E-state index contributed by atoms with van der Waals surface area (Å²) >= 11 is 1.41. The van der Waals surface area contributed by atoms with Crippen LogP contribution in [0.3, 0.4) is 0 Å². The first-order chi connectivity index (χ1) is 11.6. The summed E-state index contributed by atoms with van der Waals surface area (Å²) in [5.41, 5.74) is 2.62. The molecule has 1 aliphatic heterocycles. The van der Waals surface area contributed by atoms with Crippen LogP contribution in [0.1, 0.15) is 38.6 Å². The van der Waals surface area contributed by atoms with Crippen molar-refractivity contribution in [1.29, 1.82) is 0 Å². The van der Waals surface area contributed by atoms with Crippen LogP contribution < -0.4 is 16.0 Å². The Hall–Kier alpha value is -2.18. The number of hydrogen-bond donors (Lipinski definition) is 3. The standard InChI is InChI=1S/C18H21N3O2S/c1-12(22)20-10-14-6-7-17(24-14)18(23)21-11-16-15-5-3-2-4-13(15)8-9-19-16/h2-7,16,19H,8-11H2,1H3,(H,20,22)(H,21,23). The number of hydrogen-bond acceptors (Lipinski definition) is 4. The van der Waals surface area contributed by atoms with Gasteiger partial charge in [0.15, 0.2) is 0 Å². The van der Waals surface area contributed by atoms with E-state index in [9.17, 15) is 9.59 Å². The number of amides is 2. The number of benzene rings is 1. The second-order valence-corrected chi connectivity index (χ2v) is 7.01. The summed E-state index contributed by atoms with van der Waals surface area (Å²) in [7, 11) is 0. The minimum atomic E-state index is -0.0727. The molecule has 3 rings (SSSR count). The molecule has 24 heavy (non-hydrogen) atoms. The third-order valence-electron chi connectivity index (χ3n) is 4.08. The molecule has 0 aliphatic carbocycles. The molecular formula is C18H21N3O2S.